The van der Waals surface area contributed by atoms with Gasteiger partial charge in [-0.1, -0.05) is 30.3 Å². The van der Waals surface area contributed by atoms with Gasteiger partial charge in [0.25, 0.3) is 0 Å². The van der Waals surface area contributed by atoms with Gasteiger partial charge in [0.15, 0.2) is 0 Å². The molecule has 0 amide bonds. The molecule has 9 nitrogen and oxygen atoms in total. The number of sulfonamides is 1. The molecule has 0 saturated carbocycles. The van der Waals surface area contributed by atoms with Crippen LogP contribution in [-0.2, 0) is 26.9 Å². The van der Waals surface area contributed by atoms with Crippen molar-refractivity contribution in [3.05, 3.63) is 53.6 Å². The molecule has 2 saturated heterocycles. The molecule has 4 rings (SSSR count). The Morgan fingerprint density at radius 1 is 1.29 bits per heavy atom. The number of aromatic nitrogens is 1. The predicted octanol–water partition coefficient (Wildman–Crippen LogP) is 1.51. The molecule has 0 spiro atoms. The van der Waals surface area contributed by atoms with E-state index in [9.17, 15) is 8.42 Å². The van der Waals surface area contributed by atoms with Crippen LogP contribution >= 0.6 is 0 Å². The number of benzene rings is 1. The first-order chi connectivity index (χ1) is 14.8. The van der Waals surface area contributed by atoms with Crippen molar-refractivity contribution < 1.29 is 17.9 Å². The minimum Gasteiger partial charge on any atom is -0.481 e. The van der Waals surface area contributed by atoms with Crippen molar-refractivity contribution in [3.8, 4) is 5.88 Å². The number of nitrogens with one attached hydrogen (secondary N) is 2. The highest BCUT2D eigenvalue weighted by molar-refractivity contribution is 7.90. The first-order valence-electron chi connectivity index (χ1n) is 10.1. The molecular weight excluding hydrogens is 418 g/mol. The molecular formula is C21H27N5O4S. The summed E-state index contributed by atoms with van der Waals surface area (Å²) >= 11 is 0. The number of nitrogens with zero attached hydrogens (tertiary/aromatic N) is 3. The lowest BCUT2D eigenvalue weighted by Gasteiger charge is -2.43. The van der Waals surface area contributed by atoms with Gasteiger partial charge in [0.1, 0.15) is 16.6 Å². The van der Waals surface area contributed by atoms with Crippen molar-refractivity contribution in [2.75, 3.05) is 38.8 Å². The number of fused-ring (bicyclic) bond motifs is 1. The number of hydrogen-bond acceptors (Lipinski definition) is 7. The lowest BCUT2D eigenvalue weighted by molar-refractivity contribution is 0.134. The lowest BCUT2D eigenvalue weighted by Crippen LogP contribution is -2.66. The third-order valence-electron chi connectivity index (χ3n) is 5.92. The molecule has 0 radical (unpaired) electrons. The maximum absolute atomic E-state index is 13.3. The highest BCUT2D eigenvalue weighted by atomic mass is 32.2. The summed E-state index contributed by atoms with van der Waals surface area (Å²) in [6.45, 7) is 3.49. The van der Waals surface area contributed by atoms with Crippen LogP contribution in [0.3, 0.4) is 0 Å². The summed E-state index contributed by atoms with van der Waals surface area (Å²) in [5, 5.41) is 10.7. The van der Waals surface area contributed by atoms with Gasteiger partial charge in [-0.2, -0.15) is 4.98 Å². The summed E-state index contributed by atoms with van der Waals surface area (Å²) in [5.74, 6) is 0.916. The van der Waals surface area contributed by atoms with E-state index in [1.807, 2.05) is 54.3 Å². The molecule has 2 aromatic rings. The van der Waals surface area contributed by atoms with E-state index in [-0.39, 0.29) is 12.5 Å². The van der Waals surface area contributed by atoms with Crippen LogP contribution in [0.25, 0.3) is 0 Å². The molecule has 2 aliphatic rings. The van der Waals surface area contributed by atoms with E-state index >= 15 is 0 Å². The second kappa shape index (κ2) is 8.01. The standard InChI is InChI=1S/C21H27N5O4S/c1-4-30-13-15-10-18(23-19(11-15)29-3)26-12-17-21(14-26,16-8-6-5-7-9-16)24-20(22)25(2)31(17,27)28/h5-11,17H,4,12-14H2,1-3H3,(H2,22,24)/t17?,21-/m1/s1. The summed E-state index contributed by atoms with van der Waals surface area (Å²) in [6, 6.07) is 13.2. The second-order valence-corrected chi connectivity index (χ2v) is 9.85. The maximum Gasteiger partial charge on any atom is 0.244 e. The number of ether oxygens (including phenoxy) is 2. The van der Waals surface area contributed by atoms with Gasteiger partial charge in [-0.05, 0) is 24.1 Å². The Morgan fingerprint density at radius 3 is 2.71 bits per heavy atom. The van der Waals surface area contributed by atoms with Gasteiger partial charge >= 0.3 is 0 Å². The van der Waals surface area contributed by atoms with Gasteiger partial charge in [0.2, 0.25) is 21.9 Å². The van der Waals surface area contributed by atoms with E-state index in [0.717, 1.165) is 15.4 Å². The Hall–Kier alpha value is -2.85. The zero-order valence-corrected chi connectivity index (χ0v) is 18.6. The minimum absolute atomic E-state index is 0.141. The zero-order chi connectivity index (χ0) is 22.2. The van der Waals surface area contributed by atoms with Crippen molar-refractivity contribution in [2.24, 2.45) is 0 Å². The van der Waals surface area contributed by atoms with Crippen molar-refractivity contribution in [1.29, 1.82) is 5.41 Å². The highest BCUT2D eigenvalue weighted by Crippen LogP contribution is 2.41. The van der Waals surface area contributed by atoms with Gasteiger partial charge < -0.3 is 19.7 Å². The number of pyridine rings is 1. The van der Waals surface area contributed by atoms with E-state index in [2.05, 4.69) is 10.3 Å². The van der Waals surface area contributed by atoms with Gasteiger partial charge in [0, 0.05) is 32.8 Å². The van der Waals surface area contributed by atoms with Crippen LogP contribution in [0, 0.1) is 5.41 Å². The van der Waals surface area contributed by atoms with Crippen molar-refractivity contribution in [3.63, 3.8) is 0 Å². The van der Waals surface area contributed by atoms with E-state index in [1.54, 1.807) is 7.11 Å². The van der Waals surface area contributed by atoms with Gasteiger partial charge in [-0.3, -0.25) is 5.41 Å². The largest absolute Gasteiger partial charge is 0.481 e. The van der Waals surface area contributed by atoms with Crippen molar-refractivity contribution >= 4 is 21.8 Å². The van der Waals surface area contributed by atoms with Crippen LogP contribution in [0.1, 0.15) is 18.1 Å². The summed E-state index contributed by atoms with van der Waals surface area (Å²) in [4.78, 5) is 6.51. The van der Waals surface area contributed by atoms with E-state index in [0.29, 0.717) is 31.5 Å². The molecule has 1 aromatic carbocycles. The molecule has 31 heavy (non-hydrogen) atoms. The Bertz CT molecular complexity index is 1080. The Labute approximate surface area is 182 Å². The smallest absolute Gasteiger partial charge is 0.244 e. The molecule has 0 bridgehead atoms. The van der Waals surface area contributed by atoms with Gasteiger partial charge in [-0.15, -0.1) is 0 Å². The molecule has 3 heterocycles. The SMILES string of the molecule is CCOCc1cc(OC)nc(N2CC3[C@](c4ccccc4)(C2)NC(=N)N(C)S3(=O)=O)c1. The highest BCUT2D eigenvalue weighted by Gasteiger charge is 2.59. The lowest BCUT2D eigenvalue weighted by atomic mass is 9.88. The quantitative estimate of drug-likeness (QED) is 0.694. The molecule has 10 heteroatoms. The number of methoxy groups -OCH3 is 1. The van der Waals surface area contributed by atoms with Crippen LogP contribution in [0.2, 0.25) is 0 Å². The molecule has 1 unspecified atom stereocenters. The van der Waals surface area contributed by atoms with Crippen molar-refractivity contribution in [1.82, 2.24) is 14.6 Å². The molecule has 2 fully saturated rings. The third-order valence-corrected chi connectivity index (χ3v) is 8.13. The second-order valence-electron chi connectivity index (χ2n) is 7.71. The Balaban J connectivity index is 1.79. The number of anilines is 1. The normalized spacial score (nSPS) is 24.6. The average Bonchev–Trinajstić information content (AvgIpc) is 3.18. The number of rotatable bonds is 6. The first-order valence-corrected chi connectivity index (χ1v) is 11.6. The van der Waals surface area contributed by atoms with Crippen LogP contribution < -0.4 is 15.0 Å². The van der Waals surface area contributed by atoms with Crippen LogP contribution in [0.4, 0.5) is 5.82 Å². The van der Waals surface area contributed by atoms with E-state index in [4.69, 9.17) is 14.9 Å². The van der Waals surface area contributed by atoms with Crippen molar-refractivity contribution in [2.45, 2.75) is 24.3 Å². The number of hydrogen-bond donors (Lipinski definition) is 2. The monoisotopic (exact) mass is 445 g/mol. The molecule has 166 valence electrons. The molecule has 0 aliphatic carbocycles. The summed E-state index contributed by atoms with van der Waals surface area (Å²) in [6.07, 6.45) is 0. The topological polar surface area (TPSA) is 108 Å². The van der Waals surface area contributed by atoms with Crippen LogP contribution in [-0.4, -0.2) is 62.8 Å². The fourth-order valence-electron chi connectivity index (χ4n) is 4.27. The molecule has 2 atom stereocenters. The Kier molecular flexibility index (Phi) is 5.52. The molecule has 1 aromatic heterocycles. The van der Waals surface area contributed by atoms with E-state index < -0.39 is 20.8 Å². The minimum atomic E-state index is -3.75. The zero-order valence-electron chi connectivity index (χ0n) is 17.8. The third kappa shape index (κ3) is 3.59. The maximum atomic E-state index is 13.3. The molecule has 2 N–H and O–H groups in total. The summed E-state index contributed by atoms with van der Waals surface area (Å²) < 4.78 is 38.6. The van der Waals surface area contributed by atoms with Gasteiger partial charge in [-0.25, -0.2) is 12.7 Å². The summed E-state index contributed by atoms with van der Waals surface area (Å²) in [5.41, 5.74) is 0.753. The average molecular weight is 446 g/mol. The first kappa shape index (κ1) is 21.4. The molecule has 2 aliphatic heterocycles. The Morgan fingerprint density at radius 2 is 2.03 bits per heavy atom. The number of guanidine groups is 1. The van der Waals surface area contributed by atoms with Crippen LogP contribution in [0.15, 0.2) is 42.5 Å². The predicted molar refractivity (Wildman–Crippen MR) is 118 cm³/mol. The summed E-state index contributed by atoms with van der Waals surface area (Å²) in [7, 11) is -0.796. The van der Waals surface area contributed by atoms with E-state index in [1.165, 1.54) is 7.05 Å². The van der Waals surface area contributed by atoms with Gasteiger partial charge in [0.05, 0.1) is 13.7 Å². The fraction of sp³-hybridized carbons (Fsp3) is 0.429. The van der Waals surface area contributed by atoms with Crippen LogP contribution in [0.5, 0.6) is 5.88 Å². The fourth-order valence-corrected chi connectivity index (χ4v) is 6.10.